The molecule has 0 saturated heterocycles. The molecule has 2 amide bonds. The fraction of sp³-hybridized carbons (Fsp3) is 0.300. The number of nitrogens with zero attached hydrogens (tertiary/aromatic N) is 2. The molecule has 40 heavy (non-hydrogen) atoms. The average molecular weight is 627 g/mol. The lowest BCUT2D eigenvalue weighted by molar-refractivity contribution is -0.125. The van der Waals surface area contributed by atoms with E-state index in [0.29, 0.717) is 22.8 Å². The maximum absolute atomic E-state index is 13.2. The Labute approximate surface area is 247 Å². The minimum atomic E-state index is -1.04. The Bertz CT molecular complexity index is 1510. The highest BCUT2D eigenvalue weighted by Crippen LogP contribution is 2.27. The number of carbonyl (C=O) groups is 2. The zero-order chi connectivity index (χ0) is 29.0. The average Bonchev–Trinajstić information content (AvgIpc) is 3.33. The van der Waals surface area contributed by atoms with E-state index >= 15 is 0 Å². The Morgan fingerprint density at radius 3 is 2.50 bits per heavy atom. The maximum Gasteiger partial charge on any atom is 0.251 e. The van der Waals surface area contributed by atoms with E-state index in [9.17, 15) is 9.59 Å². The molecule has 210 valence electrons. The lowest BCUT2D eigenvalue weighted by Gasteiger charge is -2.23. The summed E-state index contributed by atoms with van der Waals surface area (Å²) in [6, 6.07) is 16.4. The van der Waals surface area contributed by atoms with Crippen molar-refractivity contribution in [3.8, 4) is 17.0 Å². The van der Waals surface area contributed by atoms with Crippen LogP contribution in [0, 0.1) is 0 Å². The zero-order valence-corrected chi connectivity index (χ0v) is 25.2. The molecule has 1 unspecified atom stereocenters. The Morgan fingerprint density at radius 2 is 1.88 bits per heavy atom. The molecule has 2 aromatic heterocycles. The van der Waals surface area contributed by atoms with Gasteiger partial charge in [0, 0.05) is 30.1 Å². The van der Waals surface area contributed by atoms with E-state index in [1.807, 2.05) is 67.0 Å². The number of benzene rings is 2. The van der Waals surface area contributed by atoms with Gasteiger partial charge in [0.05, 0.1) is 32.9 Å². The normalized spacial score (nSPS) is 12.4. The van der Waals surface area contributed by atoms with Crippen molar-refractivity contribution in [3.05, 3.63) is 87.6 Å². The summed E-state index contributed by atoms with van der Waals surface area (Å²) in [5, 5.41) is 6.24. The molecule has 0 spiro atoms. The first-order chi connectivity index (χ1) is 18.9. The predicted molar refractivity (Wildman–Crippen MR) is 162 cm³/mol. The summed E-state index contributed by atoms with van der Waals surface area (Å²) in [4.78, 5) is 30.3. The second kappa shape index (κ2) is 12.4. The van der Waals surface area contributed by atoms with E-state index in [4.69, 9.17) is 27.1 Å². The Morgan fingerprint density at radius 1 is 1.15 bits per heavy atom. The Balaban J connectivity index is 1.51. The van der Waals surface area contributed by atoms with Gasteiger partial charge in [-0.1, -0.05) is 35.9 Å². The van der Waals surface area contributed by atoms with Gasteiger partial charge >= 0.3 is 0 Å². The quantitative estimate of drug-likeness (QED) is 0.218. The van der Waals surface area contributed by atoms with Crippen LogP contribution < -0.4 is 21.1 Å². The van der Waals surface area contributed by atoms with Crippen molar-refractivity contribution < 1.29 is 14.3 Å². The van der Waals surface area contributed by atoms with Crippen LogP contribution in [0.4, 0.5) is 0 Å². The summed E-state index contributed by atoms with van der Waals surface area (Å²) in [5.41, 5.74) is 8.94. The molecule has 0 saturated carbocycles. The maximum atomic E-state index is 13.2. The summed E-state index contributed by atoms with van der Waals surface area (Å²) in [6.07, 6.45) is 4.37. The van der Waals surface area contributed by atoms with Crippen molar-refractivity contribution in [3.63, 3.8) is 0 Å². The van der Waals surface area contributed by atoms with Gasteiger partial charge in [0.2, 0.25) is 5.91 Å². The third-order valence-electron chi connectivity index (χ3n) is 6.15. The number of nitrogens with two attached hydrogens (primary N) is 1. The van der Waals surface area contributed by atoms with Crippen molar-refractivity contribution in [1.82, 2.24) is 20.0 Å². The van der Waals surface area contributed by atoms with Crippen molar-refractivity contribution in [2.24, 2.45) is 5.73 Å². The van der Waals surface area contributed by atoms with Crippen LogP contribution in [0.2, 0.25) is 5.02 Å². The first-order valence-electron chi connectivity index (χ1n) is 13.0. The van der Waals surface area contributed by atoms with Gasteiger partial charge in [0.15, 0.2) is 5.65 Å². The van der Waals surface area contributed by atoms with E-state index in [1.165, 1.54) is 0 Å². The van der Waals surface area contributed by atoms with E-state index in [1.54, 1.807) is 32.0 Å². The molecule has 8 nitrogen and oxygen atoms in total. The summed E-state index contributed by atoms with van der Waals surface area (Å²) < 4.78 is 8.56. The van der Waals surface area contributed by atoms with Crippen LogP contribution in [0.25, 0.3) is 16.9 Å². The van der Waals surface area contributed by atoms with Crippen LogP contribution in [-0.2, 0) is 11.2 Å². The molecule has 2 aromatic carbocycles. The second-order valence-electron chi connectivity index (χ2n) is 10.5. The standard InChI is InChI=1S/C30H33BrClN5O3/c1-18(2)40-26-12-11-21(15-24(26)32)28(38)35-22(16-34-29(39)30(3,4)33)14-19-7-9-20(10-8-19)25-17-37-13-5-6-23(31)27(37)36-25/h5-13,15,17-18,22H,14,16,33H2,1-4H3,(H,34,39)(H,35,38). The molecular formula is C30H33BrClN5O3. The second-order valence-corrected chi connectivity index (χ2v) is 11.8. The number of rotatable bonds is 10. The number of fused-ring (bicyclic) bond motifs is 1. The van der Waals surface area contributed by atoms with Crippen molar-refractivity contribution >= 4 is 45.0 Å². The molecule has 0 aliphatic heterocycles. The first-order valence-corrected chi connectivity index (χ1v) is 14.1. The third kappa shape index (κ3) is 7.41. The highest BCUT2D eigenvalue weighted by molar-refractivity contribution is 9.10. The molecule has 4 N–H and O–H groups in total. The smallest absolute Gasteiger partial charge is 0.251 e. The molecule has 2 heterocycles. The number of ether oxygens (including phenoxy) is 1. The number of pyridine rings is 1. The number of amides is 2. The summed E-state index contributed by atoms with van der Waals surface area (Å²) in [7, 11) is 0. The molecule has 0 radical (unpaired) electrons. The van der Waals surface area contributed by atoms with Gasteiger partial charge < -0.3 is 25.5 Å². The monoisotopic (exact) mass is 625 g/mol. The van der Waals surface area contributed by atoms with Crippen molar-refractivity contribution in [2.75, 3.05) is 6.54 Å². The topological polar surface area (TPSA) is 111 Å². The number of hydrogen-bond acceptors (Lipinski definition) is 5. The minimum Gasteiger partial charge on any atom is -0.489 e. The lowest BCUT2D eigenvalue weighted by Crippen LogP contribution is -2.53. The van der Waals surface area contributed by atoms with Gasteiger partial charge in [-0.2, -0.15) is 0 Å². The number of halogens is 2. The number of hydrogen-bond donors (Lipinski definition) is 3. The largest absolute Gasteiger partial charge is 0.489 e. The van der Waals surface area contributed by atoms with Gasteiger partial charge in [-0.3, -0.25) is 9.59 Å². The van der Waals surface area contributed by atoms with E-state index < -0.39 is 11.6 Å². The van der Waals surface area contributed by atoms with Crippen LogP contribution >= 0.6 is 27.5 Å². The first kappa shape index (κ1) is 29.6. The number of carbonyl (C=O) groups excluding carboxylic acids is 2. The van der Waals surface area contributed by atoms with Crippen LogP contribution in [0.1, 0.15) is 43.6 Å². The van der Waals surface area contributed by atoms with E-state index in [-0.39, 0.29) is 24.5 Å². The fourth-order valence-electron chi connectivity index (χ4n) is 4.09. The van der Waals surface area contributed by atoms with Crippen molar-refractivity contribution in [1.29, 1.82) is 0 Å². The Hall–Kier alpha value is -3.40. The molecule has 0 aliphatic carbocycles. The number of imidazole rings is 1. The van der Waals surface area contributed by atoms with Gasteiger partial charge in [-0.15, -0.1) is 0 Å². The molecule has 0 aliphatic rings. The number of aromatic nitrogens is 2. The fourth-order valence-corrected chi connectivity index (χ4v) is 4.76. The highest BCUT2D eigenvalue weighted by atomic mass is 79.9. The molecule has 4 rings (SSSR count). The van der Waals surface area contributed by atoms with E-state index in [2.05, 4.69) is 26.6 Å². The van der Waals surface area contributed by atoms with Crippen LogP contribution in [-0.4, -0.2) is 45.4 Å². The zero-order valence-electron chi connectivity index (χ0n) is 22.9. The van der Waals surface area contributed by atoms with Gasteiger partial charge in [0.25, 0.3) is 5.91 Å². The van der Waals surface area contributed by atoms with Gasteiger partial charge in [-0.25, -0.2) is 4.98 Å². The van der Waals surface area contributed by atoms with Crippen LogP contribution in [0.15, 0.2) is 71.5 Å². The molecule has 10 heteroatoms. The molecule has 1 atom stereocenters. The lowest BCUT2D eigenvalue weighted by atomic mass is 10.0. The van der Waals surface area contributed by atoms with Crippen molar-refractivity contribution in [2.45, 2.75) is 51.8 Å². The summed E-state index contributed by atoms with van der Waals surface area (Å²) in [5.74, 6) is -0.102. The van der Waals surface area contributed by atoms with Crippen LogP contribution in [0.3, 0.4) is 0 Å². The van der Waals surface area contributed by atoms with Crippen LogP contribution in [0.5, 0.6) is 5.75 Å². The minimum absolute atomic E-state index is 0.0436. The summed E-state index contributed by atoms with van der Waals surface area (Å²) >= 11 is 9.89. The van der Waals surface area contributed by atoms with Gasteiger partial charge in [0.1, 0.15) is 5.75 Å². The molecule has 4 aromatic rings. The SMILES string of the molecule is CC(C)Oc1ccc(C(=O)NC(CNC(=O)C(C)(C)N)Cc2ccc(-c3cn4cccc(Br)c4n3)cc2)cc1Cl. The molecular weight excluding hydrogens is 594 g/mol. The highest BCUT2D eigenvalue weighted by Gasteiger charge is 2.24. The van der Waals surface area contributed by atoms with E-state index in [0.717, 1.165) is 26.9 Å². The summed E-state index contributed by atoms with van der Waals surface area (Å²) in [6.45, 7) is 7.28. The van der Waals surface area contributed by atoms with Gasteiger partial charge in [-0.05, 0) is 85.9 Å². The predicted octanol–water partition coefficient (Wildman–Crippen LogP) is 5.40. The Kier molecular flexibility index (Phi) is 9.18. The molecule has 0 fully saturated rings. The third-order valence-corrected chi connectivity index (χ3v) is 7.07. The molecule has 0 bridgehead atoms. The number of nitrogens with one attached hydrogen (secondary N) is 2.